The van der Waals surface area contributed by atoms with Crippen molar-refractivity contribution in [1.82, 2.24) is 0 Å². The second kappa shape index (κ2) is 1.82. The van der Waals surface area contributed by atoms with Crippen LogP contribution in [0.25, 0.3) is 0 Å². The first-order valence-electron chi connectivity index (χ1n) is 2.17. The maximum Gasteiger partial charge on any atom is 0.0435 e. The minimum Gasteiger partial charge on any atom is -0.253 e. The molecule has 7 heavy (non-hydrogen) atoms. The maximum absolute atomic E-state index is 10.6. The van der Waals surface area contributed by atoms with Gasteiger partial charge in [0.15, 0.2) is 0 Å². The molecule has 0 aliphatic heterocycles. The van der Waals surface area contributed by atoms with Crippen LogP contribution in [0.15, 0.2) is 0 Å². The van der Waals surface area contributed by atoms with Crippen LogP contribution in [0, 0.1) is 4.78 Å². The SMILES string of the molecule is CC(C)S(C)(=N)=O. The minimum atomic E-state index is -2.24. The lowest BCUT2D eigenvalue weighted by atomic mass is 10.6. The Morgan fingerprint density at radius 3 is 1.71 bits per heavy atom. The topological polar surface area (TPSA) is 40.9 Å². The predicted molar refractivity (Wildman–Crippen MR) is 31.9 cm³/mol. The Kier molecular flexibility index (Phi) is 1.81. The molecule has 1 N–H and O–H groups in total. The van der Waals surface area contributed by atoms with Crippen LogP contribution in [0.1, 0.15) is 13.8 Å². The average Bonchev–Trinajstić information content (AvgIpc) is 1.31. The van der Waals surface area contributed by atoms with Gasteiger partial charge in [-0.1, -0.05) is 13.8 Å². The molecule has 0 aliphatic rings. The Bertz CT molecular complexity index is 134. The fraction of sp³-hybridized carbons (Fsp3) is 1.00. The van der Waals surface area contributed by atoms with Gasteiger partial charge in [-0.2, -0.15) is 0 Å². The van der Waals surface area contributed by atoms with Crippen molar-refractivity contribution in [3.8, 4) is 0 Å². The van der Waals surface area contributed by atoms with E-state index in [9.17, 15) is 4.21 Å². The van der Waals surface area contributed by atoms with Crippen LogP contribution in [-0.2, 0) is 9.73 Å². The highest BCUT2D eigenvalue weighted by molar-refractivity contribution is 7.92. The van der Waals surface area contributed by atoms with Crippen molar-refractivity contribution in [2.24, 2.45) is 0 Å². The zero-order valence-corrected chi connectivity index (χ0v) is 5.71. The smallest absolute Gasteiger partial charge is 0.0435 e. The Balaban J connectivity index is 4.10. The normalized spacial score (nSPS) is 19.4. The van der Waals surface area contributed by atoms with Crippen molar-refractivity contribution in [2.75, 3.05) is 6.26 Å². The summed E-state index contributed by atoms with van der Waals surface area (Å²) in [5, 5.41) is -0.00694. The van der Waals surface area contributed by atoms with Crippen LogP contribution in [0.5, 0.6) is 0 Å². The van der Waals surface area contributed by atoms with E-state index in [1.807, 2.05) is 0 Å². The highest BCUT2D eigenvalue weighted by Gasteiger charge is 2.00. The van der Waals surface area contributed by atoms with E-state index in [-0.39, 0.29) is 5.25 Å². The molecule has 0 aliphatic carbocycles. The van der Waals surface area contributed by atoms with E-state index in [1.165, 1.54) is 6.26 Å². The van der Waals surface area contributed by atoms with E-state index in [1.54, 1.807) is 13.8 Å². The quantitative estimate of drug-likeness (QED) is 0.554. The first-order valence-corrected chi connectivity index (χ1v) is 4.20. The Morgan fingerprint density at radius 1 is 1.57 bits per heavy atom. The molecule has 0 saturated carbocycles. The maximum atomic E-state index is 10.6. The number of rotatable bonds is 1. The predicted octanol–water partition coefficient (Wildman–Crippen LogP) is 1.07. The average molecular weight is 121 g/mol. The van der Waals surface area contributed by atoms with Crippen molar-refractivity contribution >= 4 is 9.73 Å². The van der Waals surface area contributed by atoms with Gasteiger partial charge < -0.3 is 0 Å². The Hall–Kier alpha value is -0.0500. The van der Waals surface area contributed by atoms with Crippen LogP contribution < -0.4 is 0 Å². The van der Waals surface area contributed by atoms with Crippen LogP contribution in [0.3, 0.4) is 0 Å². The fourth-order valence-electron chi connectivity index (χ4n) is 0. The zero-order valence-electron chi connectivity index (χ0n) is 4.89. The zero-order chi connectivity index (χ0) is 6.08. The van der Waals surface area contributed by atoms with Gasteiger partial charge in [-0.05, 0) is 0 Å². The summed E-state index contributed by atoms with van der Waals surface area (Å²) in [6.07, 6.45) is 1.46. The second-order valence-electron chi connectivity index (χ2n) is 1.95. The van der Waals surface area contributed by atoms with Gasteiger partial charge in [0.25, 0.3) is 0 Å². The molecule has 3 heteroatoms. The van der Waals surface area contributed by atoms with Crippen molar-refractivity contribution < 1.29 is 4.21 Å². The standard InChI is InChI=1S/C4H11NOS/c1-4(2)7(3,5)6/h4-5H,1-3H3. The molecule has 0 spiro atoms. The van der Waals surface area contributed by atoms with E-state index < -0.39 is 9.73 Å². The molecular weight excluding hydrogens is 110 g/mol. The summed E-state index contributed by atoms with van der Waals surface area (Å²) in [4.78, 5) is 0. The molecule has 0 aromatic carbocycles. The van der Waals surface area contributed by atoms with Gasteiger partial charge >= 0.3 is 0 Å². The first-order chi connectivity index (χ1) is 2.94. The molecule has 0 bridgehead atoms. The lowest BCUT2D eigenvalue weighted by Crippen LogP contribution is -2.08. The van der Waals surface area contributed by atoms with Crippen molar-refractivity contribution in [2.45, 2.75) is 19.1 Å². The highest BCUT2D eigenvalue weighted by atomic mass is 32.2. The number of nitrogens with one attached hydrogen (secondary N) is 1. The monoisotopic (exact) mass is 121 g/mol. The summed E-state index contributed by atoms with van der Waals surface area (Å²) in [7, 11) is -2.24. The molecule has 1 unspecified atom stereocenters. The molecule has 0 radical (unpaired) electrons. The largest absolute Gasteiger partial charge is 0.253 e. The molecule has 0 amide bonds. The second-order valence-corrected chi connectivity index (χ2v) is 4.70. The molecular formula is C4H11NOS. The summed E-state index contributed by atoms with van der Waals surface area (Å²) in [5.41, 5.74) is 0. The van der Waals surface area contributed by atoms with Crippen LogP contribution in [-0.4, -0.2) is 15.7 Å². The molecule has 44 valence electrons. The summed E-state index contributed by atoms with van der Waals surface area (Å²) in [6, 6.07) is 0. The fourth-order valence-corrected chi connectivity index (χ4v) is 0. The third-order valence-electron chi connectivity index (χ3n) is 0.900. The molecule has 0 aromatic rings. The summed E-state index contributed by atoms with van der Waals surface area (Å²) < 4.78 is 17.5. The van der Waals surface area contributed by atoms with Crippen molar-refractivity contribution in [3.05, 3.63) is 0 Å². The molecule has 0 saturated heterocycles. The minimum absolute atomic E-state index is 0.00694. The molecule has 0 fully saturated rings. The van der Waals surface area contributed by atoms with Gasteiger partial charge in [0, 0.05) is 21.2 Å². The van der Waals surface area contributed by atoms with E-state index >= 15 is 0 Å². The number of hydrogen-bond donors (Lipinski definition) is 1. The lowest BCUT2D eigenvalue weighted by Gasteiger charge is -2.00. The van der Waals surface area contributed by atoms with Gasteiger partial charge in [0.2, 0.25) is 0 Å². The van der Waals surface area contributed by atoms with Crippen LogP contribution >= 0.6 is 0 Å². The van der Waals surface area contributed by atoms with E-state index in [0.29, 0.717) is 0 Å². The summed E-state index contributed by atoms with van der Waals surface area (Å²) in [5.74, 6) is 0. The molecule has 0 aromatic heterocycles. The van der Waals surface area contributed by atoms with Crippen molar-refractivity contribution in [3.63, 3.8) is 0 Å². The third kappa shape index (κ3) is 2.62. The van der Waals surface area contributed by atoms with Gasteiger partial charge in [-0.3, -0.25) is 4.78 Å². The third-order valence-corrected chi connectivity index (χ3v) is 2.70. The van der Waals surface area contributed by atoms with E-state index in [0.717, 1.165) is 0 Å². The summed E-state index contributed by atoms with van der Waals surface area (Å²) >= 11 is 0. The highest BCUT2D eigenvalue weighted by Crippen LogP contribution is 1.94. The first kappa shape index (κ1) is 6.95. The Labute approximate surface area is 44.9 Å². The van der Waals surface area contributed by atoms with E-state index in [2.05, 4.69) is 0 Å². The molecule has 0 heterocycles. The van der Waals surface area contributed by atoms with Gasteiger partial charge in [-0.15, -0.1) is 0 Å². The number of hydrogen-bond acceptors (Lipinski definition) is 2. The van der Waals surface area contributed by atoms with Gasteiger partial charge in [-0.25, -0.2) is 4.21 Å². The van der Waals surface area contributed by atoms with Crippen LogP contribution in [0.2, 0.25) is 0 Å². The molecule has 2 nitrogen and oxygen atoms in total. The van der Waals surface area contributed by atoms with E-state index in [4.69, 9.17) is 4.78 Å². The van der Waals surface area contributed by atoms with Crippen LogP contribution in [0.4, 0.5) is 0 Å². The van der Waals surface area contributed by atoms with Gasteiger partial charge in [0.1, 0.15) is 0 Å². The summed E-state index contributed by atoms with van der Waals surface area (Å²) in [6.45, 7) is 3.57. The Morgan fingerprint density at radius 2 is 1.71 bits per heavy atom. The van der Waals surface area contributed by atoms with Crippen molar-refractivity contribution in [1.29, 1.82) is 4.78 Å². The molecule has 0 rings (SSSR count). The molecule has 1 atom stereocenters. The lowest BCUT2D eigenvalue weighted by molar-refractivity contribution is 0.672. The van der Waals surface area contributed by atoms with Gasteiger partial charge in [0.05, 0.1) is 0 Å².